The number of amides is 1. The van der Waals surface area contributed by atoms with E-state index in [9.17, 15) is 18.5 Å². The summed E-state index contributed by atoms with van der Waals surface area (Å²) in [6, 6.07) is 7.51. The molecule has 25 heavy (non-hydrogen) atoms. The van der Waals surface area contributed by atoms with Crippen molar-refractivity contribution in [2.45, 2.75) is 13.8 Å². The summed E-state index contributed by atoms with van der Waals surface area (Å²) in [5, 5.41) is 12.1. The van der Waals surface area contributed by atoms with Gasteiger partial charge in [-0.15, -0.1) is 0 Å². The van der Waals surface area contributed by atoms with Crippen LogP contribution in [0.5, 0.6) is 0 Å². The van der Waals surface area contributed by atoms with E-state index in [2.05, 4.69) is 5.32 Å². The third kappa shape index (κ3) is 4.81. The number of carbonyl (C=O) groups is 1. The molecule has 0 unspecified atom stereocenters. The van der Waals surface area contributed by atoms with E-state index in [0.29, 0.717) is 31.9 Å². The van der Waals surface area contributed by atoms with Crippen LogP contribution in [0.4, 0.5) is 5.69 Å². The molecule has 1 aliphatic heterocycles. The SMILES string of the molecule is Cc1cccc(NC(=O)/C(C#N)=C\N2CCN(S(C)(=O)=O)CC2)c1C. The van der Waals surface area contributed by atoms with Crippen LogP contribution < -0.4 is 5.32 Å². The topological polar surface area (TPSA) is 93.5 Å². The normalized spacial score (nSPS) is 16.4. The lowest BCUT2D eigenvalue weighted by Gasteiger charge is -2.32. The fourth-order valence-corrected chi connectivity index (χ4v) is 3.39. The highest BCUT2D eigenvalue weighted by molar-refractivity contribution is 7.88. The summed E-state index contributed by atoms with van der Waals surface area (Å²) in [5.74, 6) is -0.471. The van der Waals surface area contributed by atoms with Gasteiger partial charge in [-0.3, -0.25) is 4.79 Å². The second-order valence-electron chi connectivity index (χ2n) is 6.05. The number of sulfonamides is 1. The molecule has 0 saturated carbocycles. The number of aryl methyl sites for hydroxylation is 1. The van der Waals surface area contributed by atoms with E-state index >= 15 is 0 Å². The van der Waals surface area contributed by atoms with Gasteiger partial charge in [0.25, 0.3) is 5.91 Å². The number of rotatable bonds is 4. The molecule has 2 rings (SSSR count). The second-order valence-corrected chi connectivity index (χ2v) is 8.04. The highest BCUT2D eigenvalue weighted by atomic mass is 32.2. The Labute approximate surface area is 148 Å². The van der Waals surface area contributed by atoms with Gasteiger partial charge in [0.2, 0.25) is 10.0 Å². The molecule has 1 aliphatic rings. The number of anilines is 1. The summed E-state index contributed by atoms with van der Waals surface area (Å²) in [5.41, 5.74) is 2.67. The first kappa shape index (κ1) is 19.0. The quantitative estimate of drug-likeness (QED) is 0.642. The first-order chi connectivity index (χ1) is 11.7. The summed E-state index contributed by atoms with van der Waals surface area (Å²) < 4.78 is 24.4. The van der Waals surface area contributed by atoms with Crippen molar-refractivity contribution in [1.82, 2.24) is 9.21 Å². The molecule has 1 amide bonds. The van der Waals surface area contributed by atoms with Gasteiger partial charge >= 0.3 is 0 Å². The molecule has 1 heterocycles. The van der Waals surface area contributed by atoms with Crippen LogP contribution in [0.2, 0.25) is 0 Å². The molecule has 0 spiro atoms. The van der Waals surface area contributed by atoms with Crippen molar-refractivity contribution in [3.63, 3.8) is 0 Å². The minimum absolute atomic E-state index is 0.00582. The van der Waals surface area contributed by atoms with Gasteiger partial charge in [0, 0.05) is 38.1 Å². The molecule has 0 atom stereocenters. The lowest BCUT2D eigenvalue weighted by molar-refractivity contribution is -0.112. The Kier molecular flexibility index (Phi) is 5.82. The van der Waals surface area contributed by atoms with Gasteiger partial charge in [0.05, 0.1) is 6.26 Å². The number of hydrogen-bond donors (Lipinski definition) is 1. The molecule has 0 bridgehead atoms. The maximum Gasteiger partial charge on any atom is 0.267 e. The summed E-state index contributed by atoms with van der Waals surface area (Å²) in [4.78, 5) is 14.2. The molecule has 134 valence electrons. The maximum atomic E-state index is 12.4. The third-order valence-electron chi connectivity index (χ3n) is 4.27. The zero-order valence-corrected chi connectivity index (χ0v) is 15.4. The Hall–Kier alpha value is -2.37. The van der Waals surface area contributed by atoms with E-state index < -0.39 is 15.9 Å². The Balaban J connectivity index is 2.07. The van der Waals surface area contributed by atoms with Crippen molar-refractivity contribution in [3.8, 4) is 6.07 Å². The van der Waals surface area contributed by atoms with Gasteiger partial charge < -0.3 is 10.2 Å². The van der Waals surface area contributed by atoms with Crippen LogP contribution in [-0.4, -0.2) is 56.0 Å². The van der Waals surface area contributed by atoms with Crippen molar-refractivity contribution < 1.29 is 13.2 Å². The van der Waals surface area contributed by atoms with Gasteiger partial charge in [-0.2, -0.15) is 9.57 Å². The fourth-order valence-electron chi connectivity index (χ4n) is 2.56. The van der Waals surface area contributed by atoms with Crippen LogP contribution in [-0.2, 0) is 14.8 Å². The van der Waals surface area contributed by atoms with Gasteiger partial charge in [0.15, 0.2) is 0 Å². The van der Waals surface area contributed by atoms with Crippen molar-refractivity contribution >= 4 is 21.6 Å². The molecule has 1 aromatic rings. The van der Waals surface area contributed by atoms with E-state index in [-0.39, 0.29) is 5.57 Å². The highest BCUT2D eigenvalue weighted by Crippen LogP contribution is 2.19. The summed E-state index contributed by atoms with van der Waals surface area (Å²) >= 11 is 0. The molecule has 0 aliphatic carbocycles. The van der Waals surface area contributed by atoms with Crippen LogP contribution in [0, 0.1) is 25.2 Å². The Morgan fingerprint density at radius 2 is 1.88 bits per heavy atom. The first-order valence-corrected chi connectivity index (χ1v) is 9.76. The minimum atomic E-state index is -3.21. The number of hydrogen-bond acceptors (Lipinski definition) is 5. The van der Waals surface area contributed by atoms with E-state index in [0.717, 1.165) is 11.1 Å². The number of piperazine rings is 1. The average Bonchev–Trinajstić information content (AvgIpc) is 2.56. The van der Waals surface area contributed by atoms with Gasteiger partial charge in [0.1, 0.15) is 11.6 Å². The van der Waals surface area contributed by atoms with Gasteiger partial charge in [-0.25, -0.2) is 8.42 Å². The number of nitrogens with zero attached hydrogens (tertiary/aromatic N) is 3. The zero-order chi connectivity index (χ0) is 18.6. The predicted octanol–water partition coefficient (Wildman–Crippen LogP) is 1.23. The molecule has 1 N–H and O–H groups in total. The summed E-state index contributed by atoms with van der Waals surface area (Å²) in [7, 11) is -3.21. The largest absolute Gasteiger partial charge is 0.373 e. The van der Waals surface area contributed by atoms with Crippen LogP contribution in [0.1, 0.15) is 11.1 Å². The fraction of sp³-hybridized carbons (Fsp3) is 0.412. The molecule has 7 nitrogen and oxygen atoms in total. The Bertz CT molecular complexity index is 832. The lowest BCUT2D eigenvalue weighted by Crippen LogP contribution is -2.46. The maximum absolute atomic E-state index is 12.4. The molecule has 1 aromatic carbocycles. The van der Waals surface area contributed by atoms with Crippen molar-refractivity contribution in [2.24, 2.45) is 0 Å². The standard InChI is InChI=1S/C17H22N4O3S/c1-13-5-4-6-16(14(13)2)19-17(22)15(11-18)12-20-7-9-21(10-8-20)25(3,23)24/h4-6,12H,7-10H2,1-3H3,(H,19,22)/b15-12-. The Morgan fingerprint density at radius 3 is 2.44 bits per heavy atom. The van der Waals surface area contributed by atoms with E-state index in [1.165, 1.54) is 16.8 Å². The van der Waals surface area contributed by atoms with Crippen LogP contribution in [0.3, 0.4) is 0 Å². The second kappa shape index (κ2) is 7.68. The molecule has 0 radical (unpaired) electrons. The molecule has 8 heteroatoms. The predicted molar refractivity (Wildman–Crippen MR) is 96.2 cm³/mol. The van der Waals surface area contributed by atoms with Crippen molar-refractivity contribution in [1.29, 1.82) is 5.26 Å². The first-order valence-electron chi connectivity index (χ1n) is 7.91. The zero-order valence-electron chi connectivity index (χ0n) is 14.6. The average molecular weight is 362 g/mol. The molecular formula is C17H22N4O3S. The van der Waals surface area contributed by atoms with Gasteiger partial charge in [-0.1, -0.05) is 12.1 Å². The summed E-state index contributed by atoms with van der Waals surface area (Å²) in [6.07, 6.45) is 2.68. The van der Waals surface area contributed by atoms with Crippen LogP contribution in [0.15, 0.2) is 30.0 Å². The van der Waals surface area contributed by atoms with E-state index in [4.69, 9.17) is 0 Å². The highest BCUT2D eigenvalue weighted by Gasteiger charge is 2.23. The summed E-state index contributed by atoms with van der Waals surface area (Å²) in [6.45, 7) is 5.42. The Morgan fingerprint density at radius 1 is 1.24 bits per heavy atom. The monoisotopic (exact) mass is 362 g/mol. The van der Waals surface area contributed by atoms with Crippen LogP contribution in [0.25, 0.3) is 0 Å². The molecule has 0 aromatic heterocycles. The minimum Gasteiger partial charge on any atom is -0.373 e. The van der Waals surface area contributed by atoms with Crippen molar-refractivity contribution in [3.05, 3.63) is 41.1 Å². The molecular weight excluding hydrogens is 340 g/mol. The van der Waals surface area contributed by atoms with Crippen LogP contribution >= 0.6 is 0 Å². The lowest BCUT2D eigenvalue weighted by atomic mass is 10.1. The number of carbonyl (C=O) groups excluding carboxylic acids is 1. The number of nitrogens with one attached hydrogen (secondary N) is 1. The van der Waals surface area contributed by atoms with E-state index in [1.807, 2.05) is 32.0 Å². The molecule has 1 fully saturated rings. The van der Waals surface area contributed by atoms with Crippen molar-refractivity contribution in [2.75, 3.05) is 37.8 Å². The van der Waals surface area contributed by atoms with Gasteiger partial charge in [-0.05, 0) is 31.0 Å². The molecule has 1 saturated heterocycles. The number of nitriles is 1. The smallest absolute Gasteiger partial charge is 0.267 e. The third-order valence-corrected chi connectivity index (χ3v) is 5.58. The number of benzene rings is 1. The van der Waals surface area contributed by atoms with E-state index in [1.54, 1.807) is 11.0 Å².